The Kier molecular flexibility index (Phi) is 5.12. The zero-order valence-corrected chi connectivity index (χ0v) is 11.5. The maximum atomic E-state index is 11.9. The van der Waals surface area contributed by atoms with Crippen LogP contribution >= 0.6 is 0 Å². The summed E-state index contributed by atoms with van der Waals surface area (Å²) in [7, 11) is 0. The second-order valence-electron chi connectivity index (χ2n) is 4.25. The summed E-state index contributed by atoms with van der Waals surface area (Å²) in [6, 6.07) is 7.84. The van der Waals surface area contributed by atoms with Crippen LogP contribution < -0.4 is 0 Å². The summed E-state index contributed by atoms with van der Waals surface area (Å²) in [6.07, 6.45) is 1.21. The van der Waals surface area contributed by atoms with Crippen molar-refractivity contribution in [3.8, 4) is 0 Å². The minimum atomic E-state index is -2.07. The second kappa shape index (κ2) is 6.60. The first-order valence-corrected chi connectivity index (χ1v) is 6.02. The van der Waals surface area contributed by atoms with Gasteiger partial charge in [0.05, 0.1) is 0 Å². The highest BCUT2D eigenvalue weighted by molar-refractivity contribution is 6.11. The van der Waals surface area contributed by atoms with Crippen LogP contribution in [0.5, 0.6) is 0 Å². The van der Waals surface area contributed by atoms with Crippen LogP contribution in [0.2, 0.25) is 0 Å². The van der Waals surface area contributed by atoms with E-state index >= 15 is 0 Å². The van der Waals surface area contributed by atoms with Gasteiger partial charge in [0.1, 0.15) is 0 Å². The Balaban J connectivity index is 3.27. The van der Waals surface area contributed by atoms with E-state index < -0.39 is 29.1 Å². The summed E-state index contributed by atoms with van der Waals surface area (Å²) in [5.74, 6) is -3.77. The molecule has 0 spiro atoms. The average Bonchev–Trinajstić information content (AvgIpc) is 2.42. The molecular weight excluding hydrogens is 276 g/mol. The summed E-state index contributed by atoms with van der Waals surface area (Å²) in [5, 5.41) is 8.47. The number of carbonyl (C=O) groups excluding carboxylic acids is 3. The van der Waals surface area contributed by atoms with Crippen LogP contribution in [0.3, 0.4) is 0 Å². The lowest BCUT2D eigenvalue weighted by Gasteiger charge is -2.28. The average molecular weight is 290 g/mol. The third-order valence-electron chi connectivity index (χ3n) is 2.79. The Hall–Kier alpha value is -2.76. The molecule has 0 atom stereocenters. The number of carboxylic acid groups (broad SMARTS) is 1. The highest BCUT2D eigenvalue weighted by atomic mass is 16.6. The van der Waals surface area contributed by atoms with Crippen molar-refractivity contribution in [1.29, 1.82) is 0 Å². The van der Waals surface area contributed by atoms with Crippen LogP contribution in [0.1, 0.15) is 19.4 Å². The van der Waals surface area contributed by atoms with Gasteiger partial charge in [0.2, 0.25) is 0 Å². The normalized spacial score (nSPS) is 11.1. The summed E-state index contributed by atoms with van der Waals surface area (Å²) in [5.41, 5.74) is -1.86. The molecule has 0 heterocycles. The first-order chi connectivity index (χ1) is 9.80. The summed E-state index contributed by atoms with van der Waals surface area (Å²) in [6.45, 7) is 2.26. The van der Waals surface area contributed by atoms with Crippen LogP contribution in [0.4, 0.5) is 0 Å². The van der Waals surface area contributed by atoms with E-state index in [1.54, 1.807) is 18.2 Å². The number of rotatable bonds is 6. The molecule has 1 aromatic carbocycles. The second-order valence-corrected chi connectivity index (χ2v) is 4.25. The maximum Gasteiger partial charge on any atom is 0.332 e. The SMILES string of the molecule is CC(=O)C(OC(=O)C=CC(=O)O)(C(C)=O)c1ccccc1. The molecule has 6 nitrogen and oxygen atoms in total. The van der Waals surface area contributed by atoms with Crippen molar-refractivity contribution in [2.45, 2.75) is 19.4 Å². The lowest BCUT2D eigenvalue weighted by molar-refractivity contribution is -0.169. The van der Waals surface area contributed by atoms with Crippen LogP contribution in [0.15, 0.2) is 42.5 Å². The molecule has 21 heavy (non-hydrogen) atoms. The van der Waals surface area contributed by atoms with Crippen LogP contribution in [-0.4, -0.2) is 28.6 Å². The van der Waals surface area contributed by atoms with E-state index in [4.69, 9.17) is 9.84 Å². The van der Waals surface area contributed by atoms with Gasteiger partial charge in [-0.2, -0.15) is 0 Å². The number of hydrogen-bond acceptors (Lipinski definition) is 5. The molecule has 6 heteroatoms. The fourth-order valence-electron chi connectivity index (χ4n) is 1.85. The minimum absolute atomic E-state index is 0.210. The Morgan fingerprint density at radius 2 is 1.52 bits per heavy atom. The molecule has 110 valence electrons. The molecular formula is C15H14O6. The van der Waals surface area contributed by atoms with Gasteiger partial charge in [-0.15, -0.1) is 0 Å². The van der Waals surface area contributed by atoms with Gasteiger partial charge in [-0.05, 0) is 13.8 Å². The number of ketones is 2. The highest BCUT2D eigenvalue weighted by Gasteiger charge is 2.46. The van der Waals surface area contributed by atoms with E-state index in [0.29, 0.717) is 12.2 Å². The van der Waals surface area contributed by atoms with Crippen molar-refractivity contribution in [1.82, 2.24) is 0 Å². The molecule has 0 aromatic heterocycles. The molecule has 0 aliphatic heterocycles. The fourth-order valence-corrected chi connectivity index (χ4v) is 1.85. The molecule has 0 fully saturated rings. The third-order valence-corrected chi connectivity index (χ3v) is 2.79. The lowest BCUT2D eigenvalue weighted by atomic mass is 9.86. The smallest absolute Gasteiger partial charge is 0.332 e. The third kappa shape index (κ3) is 3.62. The molecule has 1 N–H and O–H groups in total. The van der Waals surface area contributed by atoms with Gasteiger partial charge in [-0.25, -0.2) is 9.59 Å². The van der Waals surface area contributed by atoms with E-state index in [1.165, 1.54) is 12.1 Å². The van der Waals surface area contributed by atoms with Crippen molar-refractivity contribution in [3.05, 3.63) is 48.0 Å². The Bertz CT molecular complexity index is 586. The van der Waals surface area contributed by atoms with Crippen molar-refractivity contribution in [3.63, 3.8) is 0 Å². The molecule has 0 unspecified atom stereocenters. The summed E-state index contributed by atoms with van der Waals surface area (Å²) >= 11 is 0. The predicted octanol–water partition coefficient (Wildman–Crippen LogP) is 1.24. The maximum absolute atomic E-state index is 11.9. The largest absolute Gasteiger partial charge is 0.478 e. The molecule has 0 aliphatic rings. The summed E-state index contributed by atoms with van der Waals surface area (Å²) < 4.78 is 5.01. The van der Waals surface area contributed by atoms with E-state index in [-0.39, 0.29) is 5.56 Å². The number of benzene rings is 1. The van der Waals surface area contributed by atoms with Gasteiger partial charge >= 0.3 is 11.9 Å². The predicted molar refractivity (Wildman–Crippen MR) is 72.3 cm³/mol. The van der Waals surface area contributed by atoms with Gasteiger partial charge in [0, 0.05) is 17.7 Å². The van der Waals surface area contributed by atoms with Crippen molar-refractivity contribution in [2.75, 3.05) is 0 Å². The lowest BCUT2D eigenvalue weighted by Crippen LogP contribution is -2.45. The topological polar surface area (TPSA) is 97.7 Å². The molecule has 0 radical (unpaired) electrons. The molecule has 0 aliphatic carbocycles. The molecule has 1 rings (SSSR count). The van der Waals surface area contributed by atoms with Gasteiger partial charge in [-0.3, -0.25) is 9.59 Å². The van der Waals surface area contributed by atoms with E-state index in [1.807, 2.05) is 0 Å². The number of ether oxygens (including phenoxy) is 1. The monoisotopic (exact) mass is 290 g/mol. The number of aliphatic carboxylic acids is 1. The van der Waals surface area contributed by atoms with Gasteiger partial charge in [0.25, 0.3) is 5.60 Å². The van der Waals surface area contributed by atoms with E-state index in [0.717, 1.165) is 13.8 Å². The first kappa shape index (κ1) is 16.3. The van der Waals surface area contributed by atoms with Crippen molar-refractivity contribution in [2.24, 2.45) is 0 Å². The number of esters is 1. The zero-order valence-electron chi connectivity index (χ0n) is 11.5. The van der Waals surface area contributed by atoms with E-state index in [9.17, 15) is 19.2 Å². The molecule has 0 bridgehead atoms. The quantitative estimate of drug-likeness (QED) is 0.481. The Morgan fingerprint density at radius 1 is 1.00 bits per heavy atom. The number of hydrogen-bond donors (Lipinski definition) is 1. The molecule has 0 amide bonds. The number of carbonyl (C=O) groups is 4. The minimum Gasteiger partial charge on any atom is -0.478 e. The Morgan fingerprint density at radius 3 is 1.95 bits per heavy atom. The van der Waals surface area contributed by atoms with Crippen molar-refractivity contribution >= 4 is 23.5 Å². The van der Waals surface area contributed by atoms with Gasteiger partial charge in [0.15, 0.2) is 11.6 Å². The summed E-state index contributed by atoms with van der Waals surface area (Å²) in [4.78, 5) is 45.9. The first-order valence-electron chi connectivity index (χ1n) is 6.02. The molecule has 0 saturated carbocycles. The molecule has 0 saturated heterocycles. The van der Waals surface area contributed by atoms with Crippen LogP contribution in [-0.2, 0) is 29.5 Å². The fraction of sp³-hybridized carbons (Fsp3) is 0.200. The highest BCUT2D eigenvalue weighted by Crippen LogP contribution is 2.28. The van der Waals surface area contributed by atoms with Crippen molar-refractivity contribution < 1.29 is 29.0 Å². The number of carboxylic acids is 1. The standard InChI is InChI=1S/C15H14O6/c1-10(16)15(11(2)17,12-6-4-3-5-7-12)21-14(20)9-8-13(18)19/h3-9H,1-2H3,(H,18,19). The van der Waals surface area contributed by atoms with E-state index in [2.05, 4.69) is 0 Å². The molecule has 1 aromatic rings. The Labute approximate surface area is 121 Å². The van der Waals surface area contributed by atoms with Crippen LogP contribution in [0.25, 0.3) is 0 Å². The number of Topliss-reactive ketones (excluding diaryl/α,β-unsaturated/α-hetero) is 2. The van der Waals surface area contributed by atoms with Crippen LogP contribution in [0, 0.1) is 0 Å². The van der Waals surface area contributed by atoms with Gasteiger partial charge < -0.3 is 9.84 Å². The zero-order chi connectivity index (χ0) is 16.0. The van der Waals surface area contributed by atoms with Gasteiger partial charge in [-0.1, -0.05) is 30.3 Å².